The number of carbonyl (C=O) groups excluding carboxylic acids is 2. The summed E-state index contributed by atoms with van der Waals surface area (Å²) in [5, 5.41) is 2.66. The molecule has 0 spiro atoms. The van der Waals surface area contributed by atoms with Crippen LogP contribution in [0.2, 0.25) is 0 Å². The van der Waals surface area contributed by atoms with Crippen molar-refractivity contribution in [2.45, 2.75) is 25.1 Å². The summed E-state index contributed by atoms with van der Waals surface area (Å²) in [5.41, 5.74) is 3.89. The molecular formula is C25H23FN2O2S. The molecule has 0 aromatic heterocycles. The van der Waals surface area contributed by atoms with Crippen molar-refractivity contribution >= 4 is 35.0 Å². The number of halogens is 1. The number of amides is 2. The van der Waals surface area contributed by atoms with E-state index in [1.165, 1.54) is 18.2 Å². The van der Waals surface area contributed by atoms with E-state index < -0.39 is 5.82 Å². The number of hydrogen-bond donors (Lipinski definition) is 1. The fourth-order valence-corrected chi connectivity index (χ4v) is 4.92. The van der Waals surface area contributed by atoms with Gasteiger partial charge in [-0.1, -0.05) is 49.7 Å². The minimum atomic E-state index is -0.455. The van der Waals surface area contributed by atoms with Gasteiger partial charge in [0.15, 0.2) is 0 Å². The van der Waals surface area contributed by atoms with Crippen LogP contribution < -0.4 is 10.2 Å². The third-order valence-electron chi connectivity index (χ3n) is 5.15. The molecule has 4 nitrogen and oxygen atoms in total. The van der Waals surface area contributed by atoms with Gasteiger partial charge in [0, 0.05) is 16.9 Å². The molecule has 158 valence electrons. The third-order valence-corrected chi connectivity index (χ3v) is 6.37. The van der Waals surface area contributed by atoms with Gasteiger partial charge in [0.05, 0.1) is 5.75 Å². The van der Waals surface area contributed by atoms with Crippen molar-refractivity contribution in [3.05, 3.63) is 95.3 Å². The van der Waals surface area contributed by atoms with E-state index in [1.54, 1.807) is 23.9 Å². The van der Waals surface area contributed by atoms with Crippen molar-refractivity contribution in [1.29, 1.82) is 0 Å². The fraction of sp³-hybridized carbons (Fsp3) is 0.200. The van der Waals surface area contributed by atoms with E-state index in [0.29, 0.717) is 11.4 Å². The molecule has 1 aliphatic heterocycles. The fourth-order valence-electron chi connectivity index (χ4n) is 3.76. The number of rotatable bonds is 6. The summed E-state index contributed by atoms with van der Waals surface area (Å²) < 4.78 is 13.4. The molecule has 3 aromatic carbocycles. The summed E-state index contributed by atoms with van der Waals surface area (Å²) in [6.45, 7) is 2.12. The molecule has 1 unspecified atom stereocenters. The Morgan fingerprint density at radius 1 is 1.10 bits per heavy atom. The molecule has 6 heteroatoms. The van der Waals surface area contributed by atoms with Gasteiger partial charge in [-0.15, -0.1) is 11.8 Å². The lowest BCUT2D eigenvalue weighted by Crippen LogP contribution is -2.28. The summed E-state index contributed by atoms with van der Waals surface area (Å²) in [7, 11) is 0. The molecule has 1 fully saturated rings. The van der Waals surface area contributed by atoms with Gasteiger partial charge in [-0.3, -0.25) is 14.5 Å². The zero-order chi connectivity index (χ0) is 21.8. The molecule has 31 heavy (non-hydrogen) atoms. The van der Waals surface area contributed by atoms with Crippen LogP contribution in [0.1, 0.15) is 40.2 Å². The number of aryl methyl sites for hydroxylation is 1. The van der Waals surface area contributed by atoms with Crippen LogP contribution in [-0.2, 0) is 11.2 Å². The van der Waals surface area contributed by atoms with E-state index in [1.807, 2.05) is 41.3 Å². The first-order chi connectivity index (χ1) is 15.1. The predicted molar refractivity (Wildman–Crippen MR) is 124 cm³/mol. The molecule has 4 rings (SSSR count). The van der Waals surface area contributed by atoms with E-state index in [4.69, 9.17) is 0 Å². The molecule has 1 heterocycles. The van der Waals surface area contributed by atoms with Gasteiger partial charge in [0.25, 0.3) is 5.91 Å². The molecule has 1 atom stereocenters. The summed E-state index contributed by atoms with van der Waals surface area (Å²) >= 11 is 1.57. The minimum Gasteiger partial charge on any atom is -0.322 e. The topological polar surface area (TPSA) is 49.4 Å². The number of carbonyl (C=O) groups is 2. The second-order valence-electron chi connectivity index (χ2n) is 7.40. The maximum atomic E-state index is 13.4. The number of anilines is 2. The van der Waals surface area contributed by atoms with Crippen LogP contribution >= 0.6 is 11.8 Å². The Bertz CT molecular complexity index is 1120. The predicted octanol–water partition coefficient (Wildman–Crippen LogP) is 5.81. The van der Waals surface area contributed by atoms with Gasteiger partial charge in [-0.2, -0.15) is 0 Å². The summed E-state index contributed by atoms with van der Waals surface area (Å²) in [6, 6.07) is 21.1. The Balaban J connectivity index is 1.61. The lowest BCUT2D eigenvalue weighted by molar-refractivity contribution is -0.115. The Morgan fingerprint density at radius 3 is 2.71 bits per heavy atom. The molecule has 1 aliphatic rings. The maximum absolute atomic E-state index is 13.4. The molecule has 1 saturated heterocycles. The highest BCUT2D eigenvalue weighted by molar-refractivity contribution is 8.00. The third kappa shape index (κ3) is 4.64. The zero-order valence-corrected chi connectivity index (χ0v) is 18.0. The van der Waals surface area contributed by atoms with Crippen molar-refractivity contribution in [3.63, 3.8) is 0 Å². The van der Waals surface area contributed by atoms with Crippen LogP contribution in [0.4, 0.5) is 15.8 Å². The van der Waals surface area contributed by atoms with E-state index in [-0.39, 0.29) is 22.8 Å². The largest absolute Gasteiger partial charge is 0.322 e. The number of nitrogens with one attached hydrogen (secondary N) is 1. The highest BCUT2D eigenvalue weighted by Gasteiger charge is 2.35. The first kappa shape index (κ1) is 21.1. The average molecular weight is 435 g/mol. The molecule has 0 aliphatic carbocycles. The van der Waals surface area contributed by atoms with Crippen molar-refractivity contribution < 1.29 is 14.0 Å². The Hall–Kier alpha value is -3.12. The summed E-state index contributed by atoms with van der Waals surface area (Å²) in [4.78, 5) is 27.2. The molecule has 2 amide bonds. The van der Waals surface area contributed by atoms with Crippen molar-refractivity contribution in [2.75, 3.05) is 16.0 Å². The number of thioether (sulfide) groups is 1. The van der Waals surface area contributed by atoms with Crippen molar-refractivity contribution in [2.24, 2.45) is 0 Å². The van der Waals surface area contributed by atoms with Crippen LogP contribution in [0.3, 0.4) is 0 Å². The van der Waals surface area contributed by atoms with E-state index >= 15 is 0 Å². The highest BCUT2D eigenvalue weighted by atomic mass is 32.2. The smallest absolute Gasteiger partial charge is 0.255 e. The lowest BCUT2D eigenvalue weighted by atomic mass is 10.1. The SMILES string of the molecule is CCCc1ccccc1N1C(=O)CSC1c1cccc(NC(=O)c2cccc(F)c2)c1. The summed E-state index contributed by atoms with van der Waals surface area (Å²) in [5.74, 6) is -0.348. The number of benzene rings is 3. The Morgan fingerprint density at radius 2 is 1.90 bits per heavy atom. The van der Waals surface area contributed by atoms with Crippen LogP contribution in [-0.4, -0.2) is 17.6 Å². The molecule has 0 radical (unpaired) electrons. The van der Waals surface area contributed by atoms with Gasteiger partial charge in [-0.25, -0.2) is 4.39 Å². The Kier molecular flexibility index (Phi) is 6.37. The summed E-state index contributed by atoms with van der Waals surface area (Å²) in [6.07, 6.45) is 1.90. The molecule has 0 bridgehead atoms. The zero-order valence-electron chi connectivity index (χ0n) is 17.2. The molecule has 1 N–H and O–H groups in total. The van der Waals surface area contributed by atoms with Gasteiger partial charge >= 0.3 is 0 Å². The monoisotopic (exact) mass is 434 g/mol. The molecule has 3 aromatic rings. The number of nitrogens with zero attached hydrogens (tertiary/aromatic N) is 1. The van der Waals surface area contributed by atoms with Crippen LogP contribution in [0, 0.1) is 5.82 Å². The first-order valence-electron chi connectivity index (χ1n) is 10.2. The van der Waals surface area contributed by atoms with Gasteiger partial charge < -0.3 is 5.32 Å². The second kappa shape index (κ2) is 9.35. The van der Waals surface area contributed by atoms with E-state index in [2.05, 4.69) is 18.3 Å². The van der Waals surface area contributed by atoms with Crippen LogP contribution in [0.15, 0.2) is 72.8 Å². The van der Waals surface area contributed by atoms with Crippen LogP contribution in [0.5, 0.6) is 0 Å². The second-order valence-corrected chi connectivity index (χ2v) is 8.46. The molecule has 0 saturated carbocycles. The average Bonchev–Trinajstić information content (AvgIpc) is 3.16. The van der Waals surface area contributed by atoms with Gasteiger partial charge in [0.1, 0.15) is 11.2 Å². The standard InChI is InChI=1S/C25H23FN2O2S/c1-2-7-17-8-3-4-13-22(17)28-23(29)16-31-25(28)19-10-6-12-21(15-19)27-24(30)18-9-5-11-20(26)14-18/h3-6,8-15,25H,2,7,16H2,1H3,(H,27,30). The lowest BCUT2D eigenvalue weighted by Gasteiger charge is -2.27. The normalized spacial score (nSPS) is 15.9. The van der Waals surface area contributed by atoms with E-state index in [9.17, 15) is 14.0 Å². The minimum absolute atomic E-state index is 0.0766. The quantitative estimate of drug-likeness (QED) is 0.533. The number of hydrogen-bond acceptors (Lipinski definition) is 3. The van der Waals surface area contributed by atoms with E-state index in [0.717, 1.165) is 29.7 Å². The number of para-hydroxylation sites is 1. The van der Waals surface area contributed by atoms with Crippen molar-refractivity contribution in [1.82, 2.24) is 0 Å². The van der Waals surface area contributed by atoms with Crippen LogP contribution in [0.25, 0.3) is 0 Å². The first-order valence-corrected chi connectivity index (χ1v) is 11.3. The van der Waals surface area contributed by atoms with Crippen molar-refractivity contribution in [3.8, 4) is 0 Å². The van der Waals surface area contributed by atoms with Gasteiger partial charge in [-0.05, 0) is 53.9 Å². The molecular weight excluding hydrogens is 411 g/mol. The maximum Gasteiger partial charge on any atom is 0.255 e. The van der Waals surface area contributed by atoms with Gasteiger partial charge in [0.2, 0.25) is 5.91 Å². The Labute approximate surface area is 185 Å². The highest BCUT2D eigenvalue weighted by Crippen LogP contribution is 2.43.